The molecule has 2 amide bonds. The van der Waals surface area contributed by atoms with Crippen molar-refractivity contribution in [3.05, 3.63) is 87.8 Å². The second-order valence-corrected chi connectivity index (χ2v) is 9.68. The summed E-state index contributed by atoms with van der Waals surface area (Å²) in [4.78, 5) is 28.9. The second kappa shape index (κ2) is 9.84. The quantitative estimate of drug-likeness (QED) is 0.254. The Balaban J connectivity index is 1.52. The van der Waals surface area contributed by atoms with Crippen molar-refractivity contribution >= 4 is 58.1 Å². The molecule has 1 saturated carbocycles. The van der Waals surface area contributed by atoms with Gasteiger partial charge in [-0.05, 0) is 35.9 Å². The molecule has 3 aromatic rings. The van der Waals surface area contributed by atoms with Crippen LogP contribution in [-0.4, -0.2) is 21.1 Å². The number of amides is 2. The standard InChI is InChI=1S/C23H13Cl3F5N3O2/c24-14-3-2-11(7-12(14)21(35)34-20-16(29)6-10(27)8-32-20)33-22(36)18-17(23(18,25)26)9-1-4-15(28)13(5-9)19(30)31/h1-8,17-19H,(H,33,36)(H,32,34,35). The van der Waals surface area contributed by atoms with Gasteiger partial charge in [0.2, 0.25) is 5.91 Å². The zero-order valence-corrected chi connectivity index (χ0v) is 19.9. The van der Waals surface area contributed by atoms with E-state index < -0.39 is 63.2 Å². The number of rotatable bonds is 6. The van der Waals surface area contributed by atoms with E-state index in [0.29, 0.717) is 12.3 Å². The third-order valence-electron chi connectivity index (χ3n) is 5.47. The molecule has 13 heteroatoms. The molecule has 2 atom stereocenters. The molecule has 2 unspecified atom stereocenters. The van der Waals surface area contributed by atoms with Crippen molar-refractivity contribution in [3.8, 4) is 0 Å². The van der Waals surface area contributed by atoms with Gasteiger partial charge in [-0.15, -0.1) is 23.2 Å². The molecular formula is C23H13Cl3F5N3O2. The summed E-state index contributed by atoms with van der Waals surface area (Å²) in [6.45, 7) is 0. The van der Waals surface area contributed by atoms with E-state index in [9.17, 15) is 31.5 Å². The van der Waals surface area contributed by atoms with Crippen molar-refractivity contribution in [2.75, 3.05) is 10.6 Å². The molecule has 1 aliphatic rings. The summed E-state index contributed by atoms with van der Waals surface area (Å²) < 4.78 is 65.0. The lowest BCUT2D eigenvalue weighted by Crippen LogP contribution is -2.19. The first kappa shape index (κ1) is 26.1. The number of nitrogens with zero attached hydrogens (tertiary/aromatic N) is 1. The smallest absolute Gasteiger partial charge is 0.266 e. The minimum absolute atomic E-state index is 0.0489. The van der Waals surface area contributed by atoms with E-state index in [2.05, 4.69) is 15.6 Å². The lowest BCUT2D eigenvalue weighted by Gasteiger charge is -2.10. The summed E-state index contributed by atoms with van der Waals surface area (Å²) >= 11 is 18.5. The predicted octanol–water partition coefficient (Wildman–Crippen LogP) is 6.87. The van der Waals surface area contributed by atoms with Gasteiger partial charge in [-0.25, -0.2) is 26.9 Å². The molecule has 0 aliphatic heterocycles. The van der Waals surface area contributed by atoms with Gasteiger partial charge in [0.25, 0.3) is 12.3 Å². The van der Waals surface area contributed by atoms with E-state index in [1.54, 1.807) is 0 Å². The third-order valence-corrected chi connectivity index (χ3v) is 6.74. The Bertz CT molecular complexity index is 1370. The van der Waals surface area contributed by atoms with Crippen molar-refractivity contribution in [1.82, 2.24) is 4.98 Å². The van der Waals surface area contributed by atoms with Crippen LogP contribution < -0.4 is 10.6 Å². The highest BCUT2D eigenvalue weighted by atomic mass is 35.5. The van der Waals surface area contributed by atoms with Crippen molar-refractivity contribution in [3.63, 3.8) is 0 Å². The number of alkyl halides is 4. The first-order valence-electron chi connectivity index (χ1n) is 10.1. The van der Waals surface area contributed by atoms with Crippen LogP contribution in [0.1, 0.15) is 33.8 Å². The minimum atomic E-state index is -3.08. The number of carbonyl (C=O) groups excluding carboxylic acids is 2. The normalized spacial score (nSPS) is 18.1. The van der Waals surface area contributed by atoms with Gasteiger partial charge >= 0.3 is 0 Å². The maximum atomic E-state index is 13.8. The molecule has 1 aliphatic carbocycles. The number of benzene rings is 2. The Labute approximate surface area is 215 Å². The zero-order chi connectivity index (χ0) is 26.4. The van der Waals surface area contributed by atoms with Gasteiger partial charge in [-0.1, -0.05) is 17.7 Å². The molecular weight excluding hydrogens is 552 g/mol. The summed E-state index contributed by atoms with van der Waals surface area (Å²) in [5, 5.41) is 4.60. The van der Waals surface area contributed by atoms with Crippen LogP contribution in [0.25, 0.3) is 0 Å². The first-order valence-corrected chi connectivity index (χ1v) is 11.2. The Morgan fingerprint density at radius 1 is 0.972 bits per heavy atom. The molecule has 1 aromatic heterocycles. The Hall–Kier alpha value is -2.95. The number of aromatic nitrogens is 1. The average molecular weight is 565 g/mol. The number of anilines is 2. The molecule has 0 saturated heterocycles. The first-order chi connectivity index (χ1) is 16.9. The molecule has 1 heterocycles. The van der Waals surface area contributed by atoms with Crippen molar-refractivity contribution in [1.29, 1.82) is 0 Å². The summed E-state index contributed by atoms with van der Waals surface area (Å²) in [6.07, 6.45) is -2.37. The summed E-state index contributed by atoms with van der Waals surface area (Å²) in [5.41, 5.74) is -0.773. The fourth-order valence-corrected chi connectivity index (χ4v) is 4.70. The van der Waals surface area contributed by atoms with E-state index >= 15 is 0 Å². The van der Waals surface area contributed by atoms with Gasteiger partial charge in [0, 0.05) is 17.7 Å². The molecule has 188 valence electrons. The van der Waals surface area contributed by atoms with Crippen LogP contribution in [0.5, 0.6) is 0 Å². The summed E-state index contributed by atoms with van der Waals surface area (Å²) in [6, 6.07) is 7.33. The molecule has 0 radical (unpaired) electrons. The Morgan fingerprint density at radius 2 is 1.69 bits per heavy atom. The van der Waals surface area contributed by atoms with E-state index in [1.165, 1.54) is 24.3 Å². The van der Waals surface area contributed by atoms with Crippen molar-refractivity contribution in [2.45, 2.75) is 16.7 Å². The number of halogens is 8. The van der Waals surface area contributed by atoms with E-state index in [0.717, 1.165) is 12.1 Å². The molecule has 0 bridgehead atoms. The number of hydrogen-bond donors (Lipinski definition) is 2. The molecule has 2 aromatic carbocycles. The van der Waals surface area contributed by atoms with Gasteiger partial charge in [-0.2, -0.15) is 0 Å². The molecule has 4 rings (SSSR count). The summed E-state index contributed by atoms with van der Waals surface area (Å²) in [5.74, 6) is -7.27. The highest BCUT2D eigenvalue weighted by Gasteiger charge is 2.67. The molecule has 5 nitrogen and oxygen atoms in total. The molecule has 0 spiro atoms. The fraction of sp³-hybridized carbons (Fsp3) is 0.174. The Kier molecular flexibility index (Phi) is 7.14. The van der Waals surface area contributed by atoms with E-state index in [-0.39, 0.29) is 21.8 Å². The summed E-state index contributed by atoms with van der Waals surface area (Å²) in [7, 11) is 0. The minimum Gasteiger partial charge on any atom is -0.326 e. The van der Waals surface area contributed by atoms with Crippen LogP contribution >= 0.6 is 34.8 Å². The van der Waals surface area contributed by atoms with E-state index in [4.69, 9.17) is 34.8 Å². The lowest BCUT2D eigenvalue weighted by atomic mass is 10.0. The van der Waals surface area contributed by atoms with Crippen LogP contribution in [0.3, 0.4) is 0 Å². The van der Waals surface area contributed by atoms with Crippen molar-refractivity contribution in [2.24, 2.45) is 5.92 Å². The largest absolute Gasteiger partial charge is 0.326 e. The van der Waals surface area contributed by atoms with Gasteiger partial charge in [0.1, 0.15) is 16.0 Å². The predicted molar refractivity (Wildman–Crippen MR) is 124 cm³/mol. The van der Waals surface area contributed by atoms with Gasteiger partial charge < -0.3 is 10.6 Å². The second-order valence-electron chi connectivity index (χ2n) is 7.83. The highest BCUT2D eigenvalue weighted by molar-refractivity contribution is 6.53. The molecule has 36 heavy (non-hydrogen) atoms. The van der Waals surface area contributed by atoms with Crippen LogP contribution in [0.15, 0.2) is 48.7 Å². The maximum absolute atomic E-state index is 13.8. The third kappa shape index (κ3) is 5.11. The highest BCUT2D eigenvalue weighted by Crippen LogP contribution is 2.65. The average Bonchev–Trinajstić information content (AvgIpc) is 3.39. The number of nitrogens with one attached hydrogen (secondary N) is 2. The number of hydrogen-bond acceptors (Lipinski definition) is 3. The van der Waals surface area contributed by atoms with Gasteiger partial charge in [-0.3, -0.25) is 9.59 Å². The van der Waals surface area contributed by atoms with Crippen LogP contribution in [-0.2, 0) is 4.79 Å². The van der Waals surface area contributed by atoms with Crippen LogP contribution in [0, 0.1) is 23.4 Å². The fourth-order valence-electron chi connectivity index (χ4n) is 3.67. The Morgan fingerprint density at radius 3 is 2.36 bits per heavy atom. The van der Waals surface area contributed by atoms with Gasteiger partial charge in [0.15, 0.2) is 11.6 Å². The maximum Gasteiger partial charge on any atom is 0.266 e. The van der Waals surface area contributed by atoms with Gasteiger partial charge in [0.05, 0.1) is 28.3 Å². The SMILES string of the molecule is O=C(Nc1ncc(F)cc1F)c1cc(NC(=O)C2C(c3ccc(F)c(C(F)F)c3)C2(Cl)Cl)ccc1Cl. The van der Waals surface area contributed by atoms with Crippen LogP contribution in [0.2, 0.25) is 5.02 Å². The van der Waals surface area contributed by atoms with Crippen LogP contribution in [0.4, 0.5) is 33.5 Å². The van der Waals surface area contributed by atoms with Crippen molar-refractivity contribution < 1.29 is 31.5 Å². The molecule has 1 fully saturated rings. The zero-order valence-electron chi connectivity index (χ0n) is 17.6. The lowest BCUT2D eigenvalue weighted by molar-refractivity contribution is -0.117. The number of pyridine rings is 1. The topological polar surface area (TPSA) is 71.1 Å². The molecule has 2 N–H and O–H groups in total. The van der Waals surface area contributed by atoms with E-state index in [1.807, 2.05) is 0 Å². The monoisotopic (exact) mass is 563 g/mol. The number of carbonyl (C=O) groups is 2.